The molecular formula is C22H22ClN5O2S. The van der Waals surface area contributed by atoms with Crippen molar-refractivity contribution >= 4 is 40.6 Å². The summed E-state index contributed by atoms with van der Waals surface area (Å²) in [6.45, 7) is 3.14. The summed E-state index contributed by atoms with van der Waals surface area (Å²) in [5, 5.41) is 15.4. The number of nitrogens with one attached hydrogen (secondary N) is 2. The van der Waals surface area contributed by atoms with Gasteiger partial charge in [0.05, 0.1) is 6.04 Å². The maximum atomic E-state index is 12.8. The zero-order chi connectivity index (χ0) is 21.8. The van der Waals surface area contributed by atoms with Crippen LogP contribution >= 0.6 is 22.9 Å². The Balaban J connectivity index is 1.39. The number of carbonyl (C=O) groups excluding carboxylic acids is 2. The Morgan fingerprint density at radius 2 is 2.00 bits per heavy atom. The van der Waals surface area contributed by atoms with E-state index >= 15 is 0 Å². The summed E-state index contributed by atoms with van der Waals surface area (Å²) in [5.41, 5.74) is 2.82. The molecule has 160 valence electrons. The Bertz CT molecular complexity index is 1090. The fourth-order valence-electron chi connectivity index (χ4n) is 3.46. The molecule has 2 heterocycles. The van der Waals surface area contributed by atoms with Crippen LogP contribution in [0.5, 0.6) is 0 Å². The summed E-state index contributed by atoms with van der Waals surface area (Å²) in [7, 11) is 0. The number of amides is 3. The summed E-state index contributed by atoms with van der Waals surface area (Å²) < 4.78 is 0. The van der Waals surface area contributed by atoms with Gasteiger partial charge in [0.25, 0.3) is 5.91 Å². The van der Waals surface area contributed by atoms with Crippen LogP contribution in [0.25, 0.3) is 0 Å². The van der Waals surface area contributed by atoms with E-state index in [0.29, 0.717) is 28.8 Å². The highest BCUT2D eigenvalue weighted by molar-refractivity contribution is 7.13. The van der Waals surface area contributed by atoms with Gasteiger partial charge in [-0.1, -0.05) is 58.8 Å². The zero-order valence-corrected chi connectivity index (χ0v) is 18.5. The number of rotatable bonds is 5. The predicted molar refractivity (Wildman–Crippen MR) is 121 cm³/mol. The third-order valence-corrected chi connectivity index (χ3v) is 6.34. The van der Waals surface area contributed by atoms with Crippen LogP contribution in [0.15, 0.2) is 48.5 Å². The molecule has 1 fully saturated rings. The van der Waals surface area contributed by atoms with E-state index in [2.05, 4.69) is 20.8 Å². The van der Waals surface area contributed by atoms with Crippen LogP contribution in [0.2, 0.25) is 5.02 Å². The van der Waals surface area contributed by atoms with E-state index < -0.39 is 0 Å². The van der Waals surface area contributed by atoms with Gasteiger partial charge in [0.1, 0.15) is 5.01 Å². The molecule has 3 aromatic rings. The number of hydrogen-bond acceptors (Lipinski definition) is 5. The molecule has 4 rings (SSSR count). The first-order valence-corrected chi connectivity index (χ1v) is 11.2. The molecule has 1 aliphatic rings. The SMILES string of the molecule is Cc1ccc(CNC(=O)N2CCCC2c2nnc(C(=O)Nc3cccc(Cl)c3)s2)cc1. The highest BCUT2D eigenvalue weighted by atomic mass is 35.5. The molecule has 0 saturated carbocycles. The Hall–Kier alpha value is -2.97. The standard InChI is InChI=1S/C22H22ClN5O2S/c1-14-7-9-15(10-8-14)13-24-22(30)28-11-3-6-18(28)20-26-27-21(31-20)19(29)25-17-5-2-4-16(23)12-17/h2,4-5,7-10,12,18H,3,6,11,13H2,1H3,(H,24,30)(H,25,29). The first-order valence-electron chi connectivity index (χ1n) is 10.00. The number of anilines is 1. The molecule has 7 nitrogen and oxygen atoms in total. The summed E-state index contributed by atoms with van der Waals surface area (Å²) in [6.07, 6.45) is 1.68. The molecule has 0 radical (unpaired) electrons. The van der Waals surface area contributed by atoms with Crippen LogP contribution in [0.3, 0.4) is 0 Å². The molecule has 1 unspecified atom stereocenters. The monoisotopic (exact) mass is 455 g/mol. The Kier molecular flexibility index (Phi) is 6.48. The molecule has 3 amide bonds. The fourth-order valence-corrected chi connectivity index (χ4v) is 4.54. The van der Waals surface area contributed by atoms with Gasteiger partial charge in [-0.15, -0.1) is 10.2 Å². The minimum absolute atomic E-state index is 0.136. The predicted octanol–water partition coefficient (Wildman–Crippen LogP) is 4.80. The first kappa shape index (κ1) is 21.3. The van der Waals surface area contributed by atoms with Crippen molar-refractivity contribution in [3.63, 3.8) is 0 Å². The van der Waals surface area contributed by atoms with E-state index in [0.717, 1.165) is 18.4 Å². The highest BCUT2D eigenvalue weighted by Crippen LogP contribution is 2.33. The number of hydrogen-bond donors (Lipinski definition) is 2. The first-order chi connectivity index (χ1) is 15.0. The van der Waals surface area contributed by atoms with E-state index in [-0.39, 0.29) is 23.0 Å². The third kappa shape index (κ3) is 5.21. The second-order valence-electron chi connectivity index (χ2n) is 7.41. The average Bonchev–Trinajstić information content (AvgIpc) is 3.43. The van der Waals surface area contributed by atoms with Crippen LogP contribution in [0.1, 0.15) is 44.8 Å². The maximum absolute atomic E-state index is 12.8. The molecule has 1 atom stereocenters. The topological polar surface area (TPSA) is 87.2 Å². The fraction of sp³-hybridized carbons (Fsp3) is 0.273. The van der Waals surface area contributed by atoms with Crippen LogP contribution < -0.4 is 10.6 Å². The number of benzene rings is 2. The number of carbonyl (C=O) groups is 2. The summed E-state index contributed by atoms with van der Waals surface area (Å²) in [4.78, 5) is 27.0. The molecule has 1 aliphatic heterocycles. The minimum atomic E-state index is -0.348. The molecule has 0 aliphatic carbocycles. The Morgan fingerprint density at radius 3 is 2.77 bits per heavy atom. The van der Waals surface area contributed by atoms with Crippen molar-refractivity contribution in [3.05, 3.63) is 74.7 Å². The number of aryl methyl sites for hydroxylation is 1. The number of halogens is 1. The van der Waals surface area contributed by atoms with Crippen molar-refractivity contribution in [1.82, 2.24) is 20.4 Å². The lowest BCUT2D eigenvalue weighted by molar-refractivity contribution is 0.102. The molecule has 1 saturated heterocycles. The molecule has 9 heteroatoms. The molecular weight excluding hydrogens is 434 g/mol. The Labute approximate surface area is 189 Å². The van der Waals surface area contributed by atoms with Crippen LogP contribution in [-0.2, 0) is 6.54 Å². The van der Waals surface area contributed by atoms with E-state index in [4.69, 9.17) is 11.6 Å². The van der Waals surface area contributed by atoms with Crippen molar-refractivity contribution in [2.45, 2.75) is 32.4 Å². The van der Waals surface area contributed by atoms with Gasteiger partial charge in [-0.25, -0.2) is 4.79 Å². The van der Waals surface area contributed by atoms with E-state index in [1.54, 1.807) is 29.2 Å². The number of aromatic nitrogens is 2. The van der Waals surface area contributed by atoms with Gasteiger partial charge in [0.2, 0.25) is 5.01 Å². The highest BCUT2D eigenvalue weighted by Gasteiger charge is 2.33. The molecule has 31 heavy (non-hydrogen) atoms. The smallest absolute Gasteiger partial charge is 0.318 e. The molecule has 0 bridgehead atoms. The van der Waals surface area contributed by atoms with Gasteiger partial charge in [0, 0.05) is 23.8 Å². The largest absolute Gasteiger partial charge is 0.334 e. The quantitative estimate of drug-likeness (QED) is 0.578. The van der Waals surface area contributed by atoms with Gasteiger partial charge in [-0.3, -0.25) is 4.79 Å². The zero-order valence-electron chi connectivity index (χ0n) is 17.0. The summed E-state index contributed by atoms with van der Waals surface area (Å²) in [6, 6.07) is 14.7. The molecule has 0 spiro atoms. The van der Waals surface area contributed by atoms with Crippen LogP contribution in [0, 0.1) is 6.92 Å². The summed E-state index contributed by atoms with van der Waals surface area (Å²) in [5.74, 6) is -0.348. The lowest BCUT2D eigenvalue weighted by Crippen LogP contribution is -2.39. The van der Waals surface area contributed by atoms with Crippen molar-refractivity contribution in [2.75, 3.05) is 11.9 Å². The van der Waals surface area contributed by atoms with Crippen molar-refractivity contribution < 1.29 is 9.59 Å². The van der Waals surface area contributed by atoms with Crippen molar-refractivity contribution in [3.8, 4) is 0 Å². The average molecular weight is 456 g/mol. The van der Waals surface area contributed by atoms with Crippen molar-refractivity contribution in [1.29, 1.82) is 0 Å². The van der Waals surface area contributed by atoms with E-state index in [1.807, 2.05) is 31.2 Å². The maximum Gasteiger partial charge on any atom is 0.318 e. The van der Waals surface area contributed by atoms with Gasteiger partial charge < -0.3 is 15.5 Å². The van der Waals surface area contributed by atoms with Gasteiger partial charge in [0.15, 0.2) is 0 Å². The van der Waals surface area contributed by atoms with Gasteiger partial charge in [-0.2, -0.15) is 0 Å². The van der Waals surface area contributed by atoms with Crippen LogP contribution in [0.4, 0.5) is 10.5 Å². The molecule has 1 aromatic heterocycles. The molecule has 2 aromatic carbocycles. The van der Waals surface area contributed by atoms with Crippen molar-refractivity contribution in [2.24, 2.45) is 0 Å². The van der Waals surface area contributed by atoms with Gasteiger partial charge in [-0.05, 0) is 43.5 Å². The van der Waals surface area contributed by atoms with Gasteiger partial charge >= 0.3 is 6.03 Å². The second-order valence-corrected chi connectivity index (χ2v) is 8.85. The number of urea groups is 1. The number of likely N-dealkylation sites (tertiary alicyclic amines) is 1. The lowest BCUT2D eigenvalue weighted by Gasteiger charge is -2.23. The lowest BCUT2D eigenvalue weighted by atomic mass is 10.1. The number of nitrogens with zero attached hydrogens (tertiary/aromatic N) is 3. The van der Waals surface area contributed by atoms with E-state index in [1.165, 1.54) is 16.9 Å². The normalized spacial score (nSPS) is 15.7. The third-order valence-electron chi connectivity index (χ3n) is 5.08. The van der Waals surface area contributed by atoms with E-state index in [9.17, 15) is 9.59 Å². The molecule has 2 N–H and O–H groups in total. The van der Waals surface area contributed by atoms with Crippen LogP contribution in [-0.4, -0.2) is 33.6 Å². The second kappa shape index (κ2) is 9.45. The minimum Gasteiger partial charge on any atom is -0.334 e. The Morgan fingerprint density at radius 1 is 1.19 bits per heavy atom. The summed E-state index contributed by atoms with van der Waals surface area (Å²) >= 11 is 7.17.